The number of allylic oxidation sites excluding steroid dienone is 1. The number of halogens is 1. The molecule has 2 N–H and O–H groups in total. The SMILES string of the molecule is COc1ccccc1C1C(C#N)=C(N)Oc2cc(OC(=O)/C=C/c3ccc(Cl)cc3)ccc21. The van der Waals surface area contributed by atoms with E-state index in [0.29, 0.717) is 22.1 Å². The number of rotatable bonds is 5. The van der Waals surface area contributed by atoms with Crippen LogP contribution in [-0.4, -0.2) is 13.1 Å². The number of hydrogen-bond donors (Lipinski definition) is 1. The van der Waals surface area contributed by atoms with E-state index in [4.69, 9.17) is 31.5 Å². The summed E-state index contributed by atoms with van der Waals surface area (Å²) in [6.45, 7) is 0. The Morgan fingerprint density at radius 1 is 1.12 bits per heavy atom. The molecule has 3 aromatic carbocycles. The molecule has 0 fully saturated rings. The number of para-hydroxylation sites is 1. The fraction of sp³-hybridized carbons (Fsp3) is 0.0769. The lowest BCUT2D eigenvalue weighted by Crippen LogP contribution is -2.21. The molecule has 164 valence electrons. The Morgan fingerprint density at radius 2 is 1.88 bits per heavy atom. The Labute approximate surface area is 196 Å². The third-order valence-electron chi connectivity index (χ3n) is 5.14. The molecule has 1 aliphatic rings. The van der Waals surface area contributed by atoms with Crippen molar-refractivity contribution in [1.82, 2.24) is 0 Å². The average molecular weight is 459 g/mol. The van der Waals surface area contributed by atoms with Crippen molar-refractivity contribution in [3.63, 3.8) is 0 Å². The molecule has 1 atom stereocenters. The first-order valence-electron chi connectivity index (χ1n) is 10.00. The second-order valence-electron chi connectivity index (χ2n) is 7.17. The number of methoxy groups -OCH3 is 1. The second kappa shape index (κ2) is 9.51. The summed E-state index contributed by atoms with van der Waals surface area (Å²) in [5.41, 5.74) is 8.64. The molecule has 0 saturated carbocycles. The zero-order valence-corrected chi connectivity index (χ0v) is 18.4. The summed E-state index contributed by atoms with van der Waals surface area (Å²) < 4.78 is 16.6. The molecule has 6 nitrogen and oxygen atoms in total. The summed E-state index contributed by atoms with van der Waals surface area (Å²) in [4.78, 5) is 12.3. The third-order valence-corrected chi connectivity index (χ3v) is 5.39. The lowest BCUT2D eigenvalue weighted by molar-refractivity contribution is -0.128. The maximum Gasteiger partial charge on any atom is 0.336 e. The summed E-state index contributed by atoms with van der Waals surface area (Å²) >= 11 is 5.87. The van der Waals surface area contributed by atoms with Gasteiger partial charge in [0.25, 0.3) is 0 Å². The molecule has 0 saturated heterocycles. The molecule has 0 spiro atoms. The van der Waals surface area contributed by atoms with Crippen molar-refractivity contribution in [2.24, 2.45) is 5.73 Å². The van der Waals surface area contributed by atoms with E-state index in [0.717, 1.165) is 11.1 Å². The van der Waals surface area contributed by atoms with Crippen LogP contribution in [-0.2, 0) is 4.79 Å². The Bertz CT molecular complexity index is 1310. The van der Waals surface area contributed by atoms with E-state index in [2.05, 4.69) is 6.07 Å². The monoisotopic (exact) mass is 458 g/mol. The molecule has 0 aliphatic carbocycles. The zero-order valence-electron chi connectivity index (χ0n) is 17.6. The van der Waals surface area contributed by atoms with Gasteiger partial charge in [0.15, 0.2) is 0 Å². The molecule has 1 unspecified atom stereocenters. The van der Waals surface area contributed by atoms with E-state index < -0.39 is 11.9 Å². The van der Waals surface area contributed by atoms with Crippen molar-refractivity contribution in [3.8, 4) is 23.3 Å². The number of esters is 1. The Morgan fingerprint density at radius 3 is 2.61 bits per heavy atom. The van der Waals surface area contributed by atoms with Gasteiger partial charge in [-0.05, 0) is 35.9 Å². The molecule has 1 aliphatic heterocycles. The van der Waals surface area contributed by atoms with Gasteiger partial charge in [0.1, 0.15) is 28.9 Å². The molecule has 4 rings (SSSR count). The summed E-state index contributed by atoms with van der Waals surface area (Å²) in [6, 6.07) is 21.6. The molecule has 0 radical (unpaired) electrons. The van der Waals surface area contributed by atoms with Crippen LogP contribution in [0.3, 0.4) is 0 Å². The van der Waals surface area contributed by atoms with Gasteiger partial charge in [-0.15, -0.1) is 0 Å². The highest BCUT2D eigenvalue weighted by molar-refractivity contribution is 6.30. The smallest absolute Gasteiger partial charge is 0.336 e. The number of nitrogens with two attached hydrogens (primary N) is 1. The van der Waals surface area contributed by atoms with Crippen LogP contribution in [0.15, 0.2) is 84.3 Å². The highest BCUT2D eigenvalue weighted by atomic mass is 35.5. The van der Waals surface area contributed by atoms with E-state index >= 15 is 0 Å². The Kier molecular flexibility index (Phi) is 6.34. The number of benzene rings is 3. The second-order valence-corrected chi connectivity index (χ2v) is 7.61. The van der Waals surface area contributed by atoms with Crippen LogP contribution in [0.25, 0.3) is 6.08 Å². The van der Waals surface area contributed by atoms with Crippen molar-refractivity contribution < 1.29 is 19.0 Å². The van der Waals surface area contributed by atoms with Crippen LogP contribution < -0.4 is 19.9 Å². The lowest BCUT2D eigenvalue weighted by Gasteiger charge is -2.27. The van der Waals surface area contributed by atoms with E-state index in [1.54, 1.807) is 55.7 Å². The van der Waals surface area contributed by atoms with Gasteiger partial charge in [-0.3, -0.25) is 0 Å². The number of carbonyl (C=O) groups is 1. The summed E-state index contributed by atoms with van der Waals surface area (Å²) in [5.74, 6) is 0.263. The molecular weight excluding hydrogens is 440 g/mol. The van der Waals surface area contributed by atoms with Crippen LogP contribution in [0.1, 0.15) is 22.6 Å². The van der Waals surface area contributed by atoms with Crippen molar-refractivity contribution in [2.45, 2.75) is 5.92 Å². The predicted octanol–water partition coefficient (Wildman–Crippen LogP) is 5.19. The van der Waals surface area contributed by atoms with Gasteiger partial charge in [-0.1, -0.05) is 48.0 Å². The summed E-state index contributed by atoms with van der Waals surface area (Å²) in [6.07, 6.45) is 2.95. The minimum absolute atomic E-state index is 0.00739. The zero-order chi connectivity index (χ0) is 23.4. The molecule has 3 aromatic rings. The van der Waals surface area contributed by atoms with Crippen LogP contribution >= 0.6 is 11.6 Å². The van der Waals surface area contributed by atoms with Crippen molar-refractivity contribution in [2.75, 3.05) is 7.11 Å². The molecule has 1 heterocycles. The van der Waals surface area contributed by atoms with Gasteiger partial charge in [-0.25, -0.2) is 4.79 Å². The van der Waals surface area contributed by atoms with Crippen LogP contribution in [0.4, 0.5) is 0 Å². The van der Waals surface area contributed by atoms with Crippen LogP contribution in [0, 0.1) is 11.3 Å². The summed E-state index contributed by atoms with van der Waals surface area (Å²) in [5, 5.41) is 10.3. The normalized spacial score (nSPS) is 14.9. The minimum atomic E-state index is -0.553. The predicted molar refractivity (Wildman–Crippen MR) is 125 cm³/mol. The van der Waals surface area contributed by atoms with Gasteiger partial charge in [0.05, 0.1) is 13.0 Å². The molecule has 0 aromatic heterocycles. The van der Waals surface area contributed by atoms with Gasteiger partial charge in [-0.2, -0.15) is 5.26 Å². The number of nitriles is 1. The fourth-order valence-corrected chi connectivity index (χ4v) is 3.74. The highest BCUT2D eigenvalue weighted by Gasteiger charge is 2.32. The molecule has 33 heavy (non-hydrogen) atoms. The molecule has 0 amide bonds. The van der Waals surface area contributed by atoms with E-state index in [9.17, 15) is 10.1 Å². The van der Waals surface area contributed by atoms with Gasteiger partial charge in [0, 0.05) is 28.3 Å². The fourth-order valence-electron chi connectivity index (χ4n) is 3.61. The van der Waals surface area contributed by atoms with Crippen LogP contribution in [0.5, 0.6) is 17.2 Å². The average Bonchev–Trinajstić information content (AvgIpc) is 2.82. The van der Waals surface area contributed by atoms with E-state index in [-0.39, 0.29) is 17.2 Å². The first-order valence-corrected chi connectivity index (χ1v) is 10.4. The maximum absolute atomic E-state index is 12.3. The lowest BCUT2D eigenvalue weighted by atomic mass is 9.83. The van der Waals surface area contributed by atoms with Crippen molar-refractivity contribution in [3.05, 3.63) is 106 Å². The minimum Gasteiger partial charge on any atom is -0.496 e. The highest BCUT2D eigenvalue weighted by Crippen LogP contribution is 2.45. The van der Waals surface area contributed by atoms with Crippen molar-refractivity contribution >= 4 is 23.6 Å². The van der Waals surface area contributed by atoms with Gasteiger partial charge in [0.2, 0.25) is 5.88 Å². The maximum atomic E-state index is 12.3. The molecular formula is C26H19ClN2O4. The van der Waals surface area contributed by atoms with Crippen LogP contribution in [0.2, 0.25) is 5.02 Å². The van der Waals surface area contributed by atoms with E-state index in [1.165, 1.54) is 6.08 Å². The van der Waals surface area contributed by atoms with Crippen molar-refractivity contribution in [1.29, 1.82) is 5.26 Å². The first-order chi connectivity index (χ1) is 16.0. The molecule has 7 heteroatoms. The Hall–Kier alpha value is -4.21. The number of carbonyl (C=O) groups excluding carboxylic acids is 1. The van der Waals surface area contributed by atoms with Gasteiger partial charge >= 0.3 is 5.97 Å². The quantitative estimate of drug-likeness (QED) is 0.321. The summed E-state index contributed by atoms with van der Waals surface area (Å²) in [7, 11) is 1.57. The third kappa shape index (κ3) is 4.69. The standard InChI is InChI=1S/C26H19ClN2O4/c1-31-22-5-3-2-4-19(22)25-20-12-11-18(14-23(20)33-26(29)21(25)15-28)32-24(30)13-8-16-6-9-17(27)10-7-16/h2-14,25H,29H2,1H3/b13-8+. The topological polar surface area (TPSA) is 94.6 Å². The number of nitrogens with zero attached hydrogens (tertiary/aromatic N) is 1. The largest absolute Gasteiger partial charge is 0.496 e. The van der Waals surface area contributed by atoms with Gasteiger partial charge < -0.3 is 19.9 Å². The molecule has 0 bridgehead atoms. The Balaban J connectivity index is 1.62. The van der Waals surface area contributed by atoms with E-state index in [1.807, 2.05) is 24.3 Å². The number of ether oxygens (including phenoxy) is 3. The number of hydrogen-bond acceptors (Lipinski definition) is 6. The first kappa shape index (κ1) is 22.0. The number of fused-ring (bicyclic) bond motifs is 1.